The van der Waals surface area contributed by atoms with Crippen LogP contribution >= 0.6 is 0 Å². The summed E-state index contributed by atoms with van der Waals surface area (Å²) in [7, 11) is 1.73. The van der Waals surface area contributed by atoms with Crippen molar-refractivity contribution in [3.8, 4) is 6.01 Å². The molecule has 14 heavy (non-hydrogen) atoms. The zero-order valence-electron chi connectivity index (χ0n) is 8.27. The van der Waals surface area contributed by atoms with Crippen molar-refractivity contribution in [1.82, 2.24) is 9.97 Å². The molecule has 0 spiro atoms. The highest BCUT2D eigenvalue weighted by Gasteiger charge is 2.38. The van der Waals surface area contributed by atoms with E-state index >= 15 is 0 Å². The maximum Gasteiger partial charge on any atom is 0.316 e. The molecule has 0 N–H and O–H groups in total. The van der Waals surface area contributed by atoms with Crippen LogP contribution in [0.3, 0.4) is 0 Å². The molecule has 1 fully saturated rings. The lowest BCUT2D eigenvalue weighted by atomic mass is 9.81. The molecule has 0 amide bonds. The predicted molar refractivity (Wildman–Crippen MR) is 51.1 cm³/mol. The van der Waals surface area contributed by atoms with E-state index in [0.29, 0.717) is 12.6 Å². The minimum atomic E-state index is -0.0841. The van der Waals surface area contributed by atoms with Crippen molar-refractivity contribution in [2.24, 2.45) is 0 Å². The van der Waals surface area contributed by atoms with Gasteiger partial charge >= 0.3 is 6.01 Å². The standard InChI is InChI=1S/C10H14N2O2/c1-13-10(4-2-5-10)8-14-9-11-6-3-7-12-9/h3,6-7H,2,4-5,8H2,1H3. The van der Waals surface area contributed by atoms with Crippen molar-refractivity contribution in [3.05, 3.63) is 18.5 Å². The van der Waals surface area contributed by atoms with Crippen LogP contribution in [-0.2, 0) is 4.74 Å². The summed E-state index contributed by atoms with van der Waals surface area (Å²) < 4.78 is 10.9. The van der Waals surface area contributed by atoms with E-state index in [-0.39, 0.29) is 5.60 Å². The van der Waals surface area contributed by atoms with Crippen LogP contribution in [-0.4, -0.2) is 29.3 Å². The Balaban J connectivity index is 1.88. The lowest BCUT2D eigenvalue weighted by Gasteiger charge is -2.39. The van der Waals surface area contributed by atoms with Gasteiger partial charge in [-0.25, -0.2) is 9.97 Å². The molecule has 1 aromatic rings. The summed E-state index contributed by atoms with van der Waals surface area (Å²) in [6, 6.07) is 2.19. The third-order valence-electron chi connectivity index (χ3n) is 2.70. The van der Waals surface area contributed by atoms with E-state index in [1.54, 1.807) is 25.6 Å². The van der Waals surface area contributed by atoms with Crippen LogP contribution in [0.5, 0.6) is 6.01 Å². The molecule has 1 aliphatic carbocycles. The highest BCUT2D eigenvalue weighted by molar-refractivity contribution is 4.96. The van der Waals surface area contributed by atoms with E-state index in [0.717, 1.165) is 12.8 Å². The first-order valence-corrected chi connectivity index (χ1v) is 4.80. The van der Waals surface area contributed by atoms with Gasteiger partial charge in [-0.1, -0.05) is 0 Å². The molecule has 0 radical (unpaired) electrons. The fourth-order valence-electron chi connectivity index (χ4n) is 1.53. The highest BCUT2D eigenvalue weighted by atomic mass is 16.5. The maximum absolute atomic E-state index is 5.46. The van der Waals surface area contributed by atoms with Crippen molar-refractivity contribution in [1.29, 1.82) is 0 Å². The third kappa shape index (κ3) is 1.85. The SMILES string of the molecule is COC1(COc2ncccn2)CCC1. The lowest BCUT2D eigenvalue weighted by Crippen LogP contribution is -2.44. The van der Waals surface area contributed by atoms with Gasteiger partial charge in [0.25, 0.3) is 0 Å². The minimum Gasteiger partial charge on any atom is -0.460 e. The lowest BCUT2D eigenvalue weighted by molar-refractivity contribution is -0.0996. The molecule has 4 nitrogen and oxygen atoms in total. The van der Waals surface area contributed by atoms with Crippen molar-refractivity contribution >= 4 is 0 Å². The summed E-state index contributed by atoms with van der Waals surface area (Å²) in [4.78, 5) is 7.97. The summed E-state index contributed by atoms with van der Waals surface area (Å²) in [6.07, 6.45) is 6.69. The van der Waals surface area contributed by atoms with Gasteiger partial charge < -0.3 is 9.47 Å². The van der Waals surface area contributed by atoms with Crippen molar-refractivity contribution in [2.75, 3.05) is 13.7 Å². The Labute approximate surface area is 83.3 Å². The summed E-state index contributed by atoms with van der Waals surface area (Å²) >= 11 is 0. The molecule has 4 heteroatoms. The number of rotatable bonds is 4. The molecule has 1 saturated carbocycles. The van der Waals surface area contributed by atoms with Crippen molar-refractivity contribution in [2.45, 2.75) is 24.9 Å². The summed E-state index contributed by atoms with van der Waals surface area (Å²) in [5.41, 5.74) is -0.0841. The van der Waals surface area contributed by atoms with Crippen molar-refractivity contribution < 1.29 is 9.47 Å². The third-order valence-corrected chi connectivity index (χ3v) is 2.70. The first-order valence-electron chi connectivity index (χ1n) is 4.80. The second kappa shape index (κ2) is 3.92. The Kier molecular flexibility index (Phi) is 2.63. The molecule has 76 valence electrons. The Morgan fingerprint density at radius 3 is 2.57 bits per heavy atom. The monoisotopic (exact) mass is 194 g/mol. The van der Waals surface area contributed by atoms with Gasteiger partial charge in [0.15, 0.2) is 0 Å². The summed E-state index contributed by atoms with van der Waals surface area (Å²) in [5, 5.41) is 0. The molecule has 1 heterocycles. The zero-order chi connectivity index (χ0) is 9.86. The molecule has 0 aromatic carbocycles. The van der Waals surface area contributed by atoms with E-state index in [2.05, 4.69) is 9.97 Å². The molecule has 0 unspecified atom stereocenters. The normalized spacial score (nSPS) is 18.6. The smallest absolute Gasteiger partial charge is 0.316 e. The number of aromatic nitrogens is 2. The first-order chi connectivity index (χ1) is 6.85. The van der Waals surface area contributed by atoms with Crippen LogP contribution in [0.15, 0.2) is 18.5 Å². The van der Waals surface area contributed by atoms with Gasteiger partial charge in [-0.2, -0.15) is 0 Å². The molecular formula is C10H14N2O2. The van der Waals surface area contributed by atoms with Crippen LogP contribution in [0.1, 0.15) is 19.3 Å². The largest absolute Gasteiger partial charge is 0.460 e. The molecule has 0 saturated heterocycles. The number of methoxy groups -OCH3 is 1. The second-order valence-corrected chi connectivity index (χ2v) is 3.56. The molecule has 1 aliphatic rings. The molecule has 1 aromatic heterocycles. The number of nitrogens with zero attached hydrogens (tertiary/aromatic N) is 2. The Hall–Kier alpha value is -1.16. The highest BCUT2D eigenvalue weighted by Crippen LogP contribution is 2.35. The van der Waals surface area contributed by atoms with Gasteiger partial charge in [-0.15, -0.1) is 0 Å². The molecule has 0 bridgehead atoms. The molecule has 0 aliphatic heterocycles. The average molecular weight is 194 g/mol. The minimum absolute atomic E-state index is 0.0841. The van der Waals surface area contributed by atoms with E-state index in [1.165, 1.54) is 6.42 Å². The van der Waals surface area contributed by atoms with Crippen LogP contribution < -0.4 is 4.74 Å². The average Bonchev–Trinajstić information content (AvgIpc) is 2.19. The fraction of sp³-hybridized carbons (Fsp3) is 0.600. The van der Waals surface area contributed by atoms with Crippen LogP contribution in [0, 0.1) is 0 Å². The van der Waals surface area contributed by atoms with Crippen molar-refractivity contribution in [3.63, 3.8) is 0 Å². The van der Waals surface area contributed by atoms with Gasteiger partial charge in [0, 0.05) is 19.5 Å². The fourth-order valence-corrected chi connectivity index (χ4v) is 1.53. The topological polar surface area (TPSA) is 44.2 Å². The number of hydrogen-bond donors (Lipinski definition) is 0. The number of hydrogen-bond acceptors (Lipinski definition) is 4. The second-order valence-electron chi connectivity index (χ2n) is 3.56. The van der Waals surface area contributed by atoms with Gasteiger partial charge in [0.1, 0.15) is 12.2 Å². The van der Waals surface area contributed by atoms with E-state index < -0.39 is 0 Å². The van der Waals surface area contributed by atoms with E-state index in [4.69, 9.17) is 9.47 Å². The molecular weight excluding hydrogens is 180 g/mol. The number of ether oxygens (including phenoxy) is 2. The van der Waals surface area contributed by atoms with Gasteiger partial charge in [-0.05, 0) is 25.3 Å². The van der Waals surface area contributed by atoms with E-state index in [1.807, 2.05) is 0 Å². The maximum atomic E-state index is 5.46. The molecule has 2 rings (SSSR count). The van der Waals surface area contributed by atoms with Crippen LogP contribution in [0.25, 0.3) is 0 Å². The Morgan fingerprint density at radius 1 is 1.36 bits per heavy atom. The summed E-state index contributed by atoms with van der Waals surface area (Å²) in [5.74, 6) is 0. The van der Waals surface area contributed by atoms with E-state index in [9.17, 15) is 0 Å². The Bertz CT molecular complexity index is 280. The van der Waals surface area contributed by atoms with Crippen LogP contribution in [0.4, 0.5) is 0 Å². The van der Waals surface area contributed by atoms with Gasteiger partial charge in [-0.3, -0.25) is 0 Å². The Morgan fingerprint density at radius 2 is 2.07 bits per heavy atom. The van der Waals surface area contributed by atoms with Crippen LogP contribution in [0.2, 0.25) is 0 Å². The quantitative estimate of drug-likeness (QED) is 0.727. The van der Waals surface area contributed by atoms with Gasteiger partial charge in [0.05, 0.1) is 0 Å². The van der Waals surface area contributed by atoms with Gasteiger partial charge in [0.2, 0.25) is 0 Å². The zero-order valence-corrected chi connectivity index (χ0v) is 8.27. The first kappa shape index (κ1) is 9.40. The predicted octanol–water partition coefficient (Wildman–Crippen LogP) is 1.42. The summed E-state index contributed by atoms with van der Waals surface area (Å²) in [6.45, 7) is 0.549. The molecule has 0 atom stereocenters.